The SMILES string of the molecule is CCCCCCCCCCCCCCCOc1ccc(N=Cc2ccc(C(=O)OCC(C)CC)cc2)cc1. The lowest BCUT2D eigenvalue weighted by Gasteiger charge is -2.09. The summed E-state index contributed by atoms with van der Waals surface area (Å²) in [6.07, 6.45) is 20.5. The number of hydrogen-bond donors (Lipinski definition) is 0. The molecule has 0 spiro atoms. The number of carbonyl (C=O) groups excluding carboxylic acids is 1. The number of hydrogen-bond acceptors (Lipinski definition) is 4. The molecule has 0 aliphatic heterocycles. The Balaban J connectivity index is 1.55. The lowest BCUT2D eigenvalue weighted by atomic mass is 10.0. The lowest BCUT2D eigenvalue weighted by molar-refractivity contribution is 0.0447. The highest BCUT2D eigenvalue weighted by Gasteiger charge is 2.08. The largest absolute Gasteiger partial charge is 0.494 e. The molecule has 4 nitrogen and oxygen atoms in total. The minimum Gasteiger partial charge on any atom is -0.494 e. The van der Waals surface area contributed by atoms with Gasteiger partial charge >= 0.3 is 5.97 Å². The predicted molar refractivity (Wildman–Crippen MR) is 161 cm³/mol. The third-order valence-corrected chi connectivity index (χ3v) is 7.06. The van der Waals surface area contributed by atoms with E-state index in [0.717, 1.165) is 36.4 Å². The van der Waals surface area contributed by atoms with E-state index in [1.165, 1.54) is 77.0 Å². The van der Waals surface area contributed by atoms with Gasteiger partial charge in [0.2, 0.25) is 0 Å². The first-order chi connectivity index (χ1) is 18.6. The zero-order valence-electron chi connectivity index (χ0n) is 24.3. The van der Waals surface area contributed by atoms with Gasteiger partial charge in [0.25, 0.3) is 0 Å². The van der Waals surface area contributed by atoms with E-state index < -0.39 is 0 Å². The van der Waals surface area contributed by atoms with Crippen molar-refractivity contribution in [3.8, 4) is 5.75 Å². The van der Waals surface area contributed by atoms with Gasteiger partial charge in [0.15, 0.2) is 0 Å². The summed E-state index contributed by atoms with van der Waals surface area (Å²) >= 11 is 0. The Morgan fingerprint density at radius 2 is 1.32 bits per heavy atom. The topological polar surface area (TPSA) is 47.9 Å². The van der Waals surface area contributed by atoms with Crippen molar-refractivity contribution in [3.63, 3.8) is 0 Å². The molecule has 2 rings (SSSR count). The highest BCUT2D eigenvalue weighted by atomic mass is 16.5. The molecule has 38 heavy (non-hydrogen) atoms. The number of ether oxygens (including phenoxy) is 2. The Labute approximate surface area is 232 Å². The number of nitrogens with zero attached hydrogens (tertiary/aromatic N) is 1. The van der Waals surface area contributed by atoms with Gasteiger partial charge < -0.3 is 9.47 Å². The maximum Gasteiger partial charge on any atom is 0.338 e. The van der Waals surface area contributed by atoms with E-state index in [2.05, 4.69) is 25.8 Å². The van der Waals surface area contributed by atoms with Gasteiger partial charge in [0.05, 0.1) is 24.5 Å². The van der Waals surface area contributed by atoms with E-state index in [0.29, 0.717) is 18.1 Å². The monoisotopic (exact) mass is 521 g/mol. The summed E-state index contributed by atoms with van der Waals surface area (Å²) in [6.45, 7) is 7.67. The molecule has 0 radical (unpaired) electrons. The van der Waals surface area contributed by atoms with Crippen molar-refractivity contribution in [1.82, 2.24) is 0 Å². The first-order valence-corrected chi connectivity index (χ1v) is 15.2. The van der Waals surface area contributed by atoms with Crippen LogP contribution in [-0.4, -0.2) is 25.4 Å². The molecular weight excluding hydrogens is 470 g/mol. The van der Waals surface area contributed by atoms with Crippen LogP contribution in [0.1, 0.15) is 127 Å². The van der Waals surface area contributed by atoms with Crippen LogP contribution >= 0.6 is 0 Å². The van der Waals surface area contributed by atoms with E-state index in [-0.39, 0.29) is 5.97 Å². The molecule has 0 aliphatic carbocycles. The van der Waals surface area contributed by atoms with Crippen LogP contribution in [0.25, 0.3) is 0 Å². The average molecular weight is 522 g/mol. The summed E-state index contributed by atoms with van der Waals surface area (Å²) < 4.78 is 11.3. The minimum atomic E-state index is -0.275. The van der Waals surface area contributed by atoms with Gasteiger partial charge in [-0.1, -0.05) is 116 Å². The highest BCUT2D eigenvalue weighted by Crippen LogP contribution is 2.19. The van der Waals surface area contributed by atoms with Crippen molar-refractivity contribution in [2.75, 3.05) is 13.2 Å². The van der Waals surface area contributed by atoms with E-state index in [1.54, 1.807) is 18.3 Å². The van der Waals surface area contributed by atoms with E-state index in [1.807, 2.05) is 36.4 Å². The maximum absolute atomic E-state index is 12.1. The van der Waals surface area contributed by atoms with Gasteiger partial charge in [0, 0.05) is 6.21 Å². The first kappa shape index (κ1) is 31.6. The van der Waals surface area contributed by atoms with Crippen LogP contribution in [0.3, 0.4) is 0 Å². The fraction of sp³-hybridized carbons (Fsp3) is 0.588. The highest BCUT2D eigenvalue weighted by molar-refractivity contribution is 5.91. The molecule has 0 N–H and O–H groups in total. The van der Waals surface area contributed by atoms with Gasteiger partial charge in [-0.3, -0.25) is 4.99 Å². The molecule has 0 heterocycles. The molecule has 2 aromatic carbocycles. The van der Waals surface area contributed by atoms with Crippen LogP contribution in [-0.2, 0) is 4.74 Å². The van der Waals surface area contributed by atoms with Crippen LogP contribution < -0.4 is 4.74 Å². The maximum atomic E-state index is 12.1. The second-order valence-corrected chi connectivity index (χ2v) is 10.6. The fourth-order valence-electron chi connectivity index (χ4n) is 4.21. The first-order valence-electron chi connectivity index (χ1n) is 15.2. The van der Waals surface area contributed by atoms with Crippen molar-refractivity contribution in [2.24, 2.45) is 10.9 Å². The summed E-state index contributed by atoms with van der Waals surface area (Å²) in [6, 6.07) is 15.2. The summed E-state index contributed by atoms with van der Waals surface area (Å²) in [5, 5.41) is 0. The molecule has 0 bridgehead atoms. The summed E-state index contributed by atoms with van der Waals surface area (Å²) in [5.41, 5.74) is 2.37. The summed E-state index contributed by atoms with van der Waals surface area (Å²) in [4.78, 5) is 16.7. The van der Waals surface area contributed by atoms with Gasteiger partial charge in [0.1, 0.15) is 5.75 Å². The molecule has 210 valence electrons. The second kappa shape index (κ2) is 20.4. The zero-order chi connectivity index (χ0) is 27.3. The summed E-state index contributed by atoms with van der Waals surface area (Å²) in [5.74, 6) is 0.993. The Kier molecular flexibility index (Phi) is 16.9. The number of benzene rings is 2. The van der Waals surface area contributed by atoms with E-state index >= 15 is 0 Å². The number of aliphatic imine (C=N–C) groups is 1. The molecule has 0 amide bonds. The van der Waals surface area contributed by atoms with Crippen molar-refractivity contribution >= 4 is 17.9 Å². The lowest BCUT2D eigenvalue weighted by Crippen LogP contribution is -2.11. The van der Waals surface area contributed by atoms with Crippen LogP contribution in [0.4, 0.5) is 5.69 Å². The Bertz CT molecular complexity index is 889. The van der Waals surface area contributed by atoms with Crippen LogP contribution in [0, 0.1) is 5.92 Å². The molecule has 1 atom stereocenters. The van der Waals surface area contributed by atoms with Gasteiger partial charge in [-0.2, -0.15) is 0 Å². The predicted octanol–water partition coefficient (Wildman–Crippen LogP) is 10.1. The van der Waals surface area contributed by atoms with Crippen molar-refractivity contribution < 1.29 is 14.3 Å². The standard InChI is InChI=1S/C34H51NO3/c1-4-6-7-8-9-10-11-12-13-14-15-16-17-26-37-33-24-22-32(23-25-33)35-27-30-18-20-31(21-19-30)34(36)38-28-29(3)5-2/h18-25,27,29H,4-17,26,28H2,1-3H3. The summed E-state index contributed by atoms with van der Waals surface area (Å²) in [7, 11) is 0. The third-order valence-electron chi connectivity index (χ3n) is 7.06. The van der Waals surface area contributed by atoms with Crippen LogP contribution in [0.5, 0.6) is 5.75 Å². The van der Waals surface area contributed by atoms with Crippen molar-refractivity contribution in [1.29, 1.82) is 0 Å². The number of esters is 1. The molecular formula is C34H51NO3. The van der Waals surface area contributed by atoms with E-state index in [9.17, 15) is 4.79 Å². The number of carbonyl (C=O) groups is 1. The quantitative estimate of drug-likeness (QED) is 0.0932. The van der Waals surface area contributed by atoms with Crippen LogP contribution in [0.2, 0.25) is 0 Å². The fourth-order valence-corrected chi connectivity index (χ4v) is 4.21. The van der Waals surface area contributed by atoms with Gasteiger partial charge in [-0.15, -0.1) is 0 Å². The molecule has 0 fully saturated rings. The third kappa shape index (κ3) is 14.4. The molecule has 0 saturated carbocycles. The molecule has 2 aromatic rings. The normalized spacial score (nSPS) is 12.1. The Morgan fingerprint density at radius 1 is 0.763 bits per heavy atom. The van der Waals surface area contributed by atoms with Gasteiger partial charge in [-0.25, -0.2) is 4.79 Å². The Morgan fingerprint density at radius 3 is 1.87 bits per heavy atom. The smallest absolute Gasteiger partial charge is 0.338 e. The molecule has 0 saturated heterocycles. The average Bonchev–Trinajstić information content (AvgIpc) is 2.95. The molecule has 4 heteroatoms. The zero-order valence-corrected chi connectivity index (χ0v) is 24.3. The van der Waals surface area contributed by atoms with Crippen molar-refractivity contribution in [3.05, 3.63) is 59.7 Å². The van der Waals surface area contributed by atoms with E-state index in [4.69, 9.17) is 9.47 Å². The number of rotatable bonds is 21. The molecule has 0 aromatic heterocycles. The second-order valence-electron chi connectivity index (χ2n) is 10.6. The van der Waals surface area contributed by atoms with Crippen molar-refractivity contribution in [2.45, 2.75) is 111 Å². The van der Waals surface area contributed by atoms with Crippen LogP contribution in [0.15, 0.2) is 53.5 Å². The molecule has 1 unspecified atom stereocenters. The molecule has 0 aliphatic rings. The minimum absolute atomic E-state index is 0.275. The van der Waals surface area contributed by atoms with Gasteiger partial charge in [-0.05, 0) is 54.3 Å². The Hall–Kier alpha value is -2.62. The number of unbranched alkanes of at least 4 members (excludes halogenated alkanes) is 12.